The van der Waals surface area contributed by atoms with Gasteiger partial charge in [-0.1, -0.05) is 0 Å². The van der Waals surface area contributed by atoms with Crippen molar-refractivity contribution in [3.63, 3.8) is 0 Å². The zero-order valence-corrected chi connectivity index (χ0v) is 10.5. The molecule has 104 valence electrons. The van der Waals surface area contributed by atoms with Gasteiger partial charge in [0.25, 0.3) is 0 Å². The highest BCUT2D eigenvalue weighted by molar-refractivity contribution is 5.89. The summed E-state index contributed by atoms with van der Waals surface area (Å²) in [4.78, 5) is 32.9. The van der Waals surface area contributed by atoms with E-state index in [9.17, 15) is 14.4 Å². The number of nitrogens with two attached hydrogens (primary N) is 1. The van der Waals surface area contributed by atoms with Gasteiger partial charge in [-0.3, -0.25) is 4.79 Å². The summed E-state index contributed by atoms with van der Waals surface area (Å²) in [5, 5.41) is 13.5. The Balaban J connectivity index is 2.57. The first kappa shape index (κ1) is 14.6. The second-order valence-corrected chi connectivity index (χ2v) is 3.94. The van der Waals surface area contributed by atoms with E-state index in [0.29, 0.717) is 5.76 Å². The van der Waals surface area contributed by atoms with Crippen LogP contribution in [0.1, 0.15) is 28.8 Å². The molecule has 0 aliphatic heterocycles. The topological polar surface area (TPSA) is 135 Å². The van der Waals surface area contributed by atoms with Gasteiger partial charge in [0.2, 0.25) is 5.91 Å². The van der Waals surface area contributed by atoms with E-state index in [1.807, 2.05) is 0 Å². The predicted octanol–water partition coefficient (Wildman–Crippen LogP) is -0.0408. The van der Waals surface area contributed by atoms with Gasteiger partial charge >= 0.3 is 12.0 Å². The van der Waals surface area contributed by atoms with Gasteiger partial charge in [-0.15, -0.1) is 0 Å². The Bertz CT molecular complexity index is 508. The summed E-state index contributed by atoms with van der Waals surface area (Å²) in [5.74, 6) is -0.970. The largest absolute Gasteiger partial charge is 0.478 e. The number of nitrogens with one attached hydrogen (secondary N) is 2. The van der Waals surface area contributed by atoms with Gasteiger partial charge in [0.05, 0.1) is 6.54 Å². The lowest BCUT2D eigenvalue weighted by Gasteiger charge is -2.11. The number of aromatic carboxylic acids is 1. The van der Waals surface area contributed by atoms with E-state index >= 15 is 0 Å². The van der Waals surface area contributed by atoms with Crippen molar-refractivity contribution in [1.29, 1.82) is 0 Å². The fraction of sp³-hybridized carbons (Fsp3) is 0.364. The molecule has 0 bridgehead atoms. The number of urea groups is 1. The van der Waals surface area contributed by atoms with Crippen molar-refractivity contribution in [1.82, 2.24) is 10.6 Å². The zero-order chi connectivity index (χ0) is 14.6. The van der Waals surface area contributed by atoms with Crippen molar-refractivity contribution in [2.75, 3.05) is 0 Å². The molecule has 1 aromatic heterocycles. The number of hydrogen-bond acceptors (Lipinski definition) is 4. The third kappa shape index (κ3) is 4.02. The average Bonchev–Trinajstić information content (AvgIpc) is 2.66. The minimum Gasteiger partial charge on any atom is -0.478 e. The van der Waals surface area contributed by atoms with Gasteiger partial charge < -0.3 is 25.9 Å². The Kier molecular flexibility index (Phi) is 4.51. The second-order valence-electron chi connectivity index (χ2n) is 3.94. The zero-order valence-electron chi connectivity index (χ0n) is 10.5. The van der Waals surface area contributed by atoms with Crippen LogP contribution in [0.3, 0.4) is 0 Å². The number of primary amides is 1. The molecule has 0 aliphatic rings. The molecular formula is C11H15N3O5. The Morgan fingerprint density at radius 1 is 1.47 bits per heavy atom. The third-order valence-corrected chi connectivity index (χ3v) is 2.39. The molecule has 1 aromatic rings. The van der Waals surface area contributed by atoms with Gasteiger partial charge in [-0.25, -0.2) is 9.59 Å². The Morgan fingerprint density at radius 3 is 2.58 bits per heavy atom. The molecule has 1 rings (SSSR count). The molecule has 3 amide bonds. The minimum atomic E-state index is -1.09. The van der Waals surface area contributed by atoms with Crippen LogP contribution in [0.15, 0.2) is 10.5 Å². The SMILES string of the molecule is Cc1oc(CNC(=O)C(C)NC(N)=O)cc1C(=O)O. The molecule has 5 N–H and O–H groups in total. The van der Waals surface area contributed by atoms with Crippen LogP contribution in [0.5, 0.6) is 0 Å². The highest BCUT2D eigenvalue weighted by atomic mass is 16.4. The van der Waals surface area contributed by atoms with Crippen molar-refractivity contribution in [3.8, 4) is 0 Å². The molecule has 0 saturated heterocycles. The molecule has 0 radical (unpaired) electrons. The van der Waals surface area contributed by atoms with Crippen LogP contribution in [-0.4, -0.2) is 29.1 Å². The van der Waals surface area contributed by atoms with E-state index in [1.54, 1.807) is 0 Å². The predicted molar refractivity (Wildman–Crippen MR) is 64.4 cm³/mol. The first-order valence-electron chi connectivity index (χ1n) is 5.47. The molecular weight excluding hydrogens is 254 g/mol. The first-order valence-corrected chi connectivity index (χ1v) is 5.47. The van der Waals surface area contributed by atoms with E-state index in [-0.39, 0.29) is 17.9 Å². The number of carboxylic acid groups (broad SMARTS) is 1. The van der Waals surface area contributed by atoms with Gasteiger partial charge in [0, 0.05) is 0 Å². The van der Waals surface area contributed by atoms with E-state index in [2.05, 4.69) is 10.6 Å². The van der Waals surface area contributed by atoms with Crippen LogP contribution in [-0.2, 0) is 11.3 Å². The highest BCUT2D eigenvalue weighted by Crippen LogP contribution is 2.14. The number of carbonyl (C=O) groups is 3. The molecule has 1 heterocycles. The smallest absolute Gasteiger partial charge is 0.339 e. The number of furan rings is 1. The fourth-order valence-electron chi connectivity index (χ4n) is 1.45. The summed E-state index contributed by atoms with van der Waals surface area (Å²) in [6.07, 6.45) is 0. The number of hydrogen-bond donors (Lipinski definition) is 4. The molecule has 0 aliphatic carbocycles. The van der Waals surface area contributed by atoms with Crippen molar-refractivity contribution in [3.05, 3.63) is 23.2 Å². The summed E-state index contributed by atoms with van der Waals surface area (Å²) in [6, 6.07) is -0.249. The first-order chi connectivity index (χ1) is 8.81. The van der Waals surface area contributed by atoms with Gasteiger partial charge in [0.1, 0.15) is 23.1 Å². The molecule has 1 unspecified atom stereocenters. The van der Waals surface area contributed by atoms with Gasteiger partial charge in [0.15, 0.2) is 0 Å². The van der Waals surface area contributed by atoms with Crippen LogP contribution in [0.25, 0.3) is 0 Å². The van der Waals surface area contributed by atoms with Crippen molar-refractivity contribution < 1.29 is 23.9 Å². The third-order valence-electron chi connectivity index (χ3n) is 2.39. The van der Waals surface area contributed by atoms with E-state index in [0.717, 1.165) is 0 Å². The normalized spacial score (nSPS) is 11.7. The van der Waals surface area contributed by atoms with Crippen LogP contribution in [0, 0.1) is 6.92 Å². The summed E-state index contributed by atoms with van der Waals surface area (Å²) in [5.41, 5.74) is 4.93. The lowest BCUT2D eigenvalue weighted by Crippen LogP contribution is -2.46. The molecule has 0 fully saturated rings. The molecule has 0 saturated carbocycles. The summed E-state index contributed by atoms with van der Waals surface area (Å²) < 4.78 is 5.18. The van der Waals surface area contributed by atoms with Crippen LogP contribution in [0.2, 0.25) is 0 Å². The maximum absolute atomic E-state index is 11.5. The number of aryl methyl sites for hydroxylation is 1. The van der Waals surface area contributed by atoms with E-state index in [4.69, 9.17) is 15.3 Å². The van der Waals surface area contributed by atoms with E-state index in [1.165, 1.54) is 19.9 Å². The number of amides is 3. The standard InChI is InChI=1S/C11H15N3O5/c1-5(14-11(12)18)9(15)13-4-7-3-8(10(16)17)6(2)19-7/h3,5H,4H2,1-2H3,(H,13,15)(H,16,17)(H3,12,14,18). The minimum absolute atomic E-state index is 0.0255. The molecule has 8 nitrogen and oxygen atoms in total. The van der Waals surface area contributed by atoms with Crippen LogP contribution in [0.4, 0.5) is 4.79 Å². The Hall–Kier alpha value is -2.51. The van der Waals surface area contributed by atoms with Gasteiger partial charge in [-0.2, -0.15) is 0 Å². The average molecular weight is 269 g/mol. The maximum Gasteiger partial charge on any atom is 0.339 e. The molecule has 1 atom stereocenters. The number of carbonyl (C=O) groups excluding carboxylic acids is 2. The Morgan fingerprint density at radius 2 is 2.11 bits per heavy atom. The lowest BCUT2D eigenvalue weighted by molar-refractivity contribution is -0.122. The lowest BCUT2D eigenvalue weighted by atomic mass is 10.2. The van der Waals surface area contributed by atoms with Crippen molar-refractivity contribution in [2.24, 2.45) is 5.73 Å². The maximum atomic E-state index is 11.5. The van der Waals surface area contributed by atoms with Crippen molar-refractivity contribution >= 4 is 17.9 Å². The Labute approximate surface area is 108 Å². The monoisotopic (exact) mass is 269 g/mol. The second kappa shape index (κ2) is 5.89. The van der Waals surface area contributed by atoms with E-state index < -0.39 is 23.9 Å². The quantitative estimate of drug-likeness (QED) is 0.594. The molecule has 8 heteroatoms. The fourth-order valence-corrected chi connectivity index (χ4v) is 1.45. The molecule has 19 heavy (non-hydrogen) atoms. The highest BCUT2D eigenvalue weighted by Gasteiger charge is 2.16. The molecule has 0 aromatic carbocycles. The van der Waals surface area contributed by atoms with Crippen molar-refractivity contribution in [2.45, 2.75) is 26.4 Å². The van der Waals surface area contributed by atoms with Crippen LogP contribution < -0.4 is 16.4 Å². The number of carboxylic acids is 1. The summed E-state index contributed by atoms with van der Waals surface area (Å²) in [7, 11) is 0. The number of rotatable bonds is 5. The molecule has 0 spiro atoms. The van der Waals surface area contributed by atoms with Gasteiger partial charge in [-0.05, 0) is 19.9 Å². The van der Waals surface area contributed by atoms with Crippen LogP contribution >= 0.6 is 0 Å². The summed E-state index contributed by atoms with van der Waals surface area (Å²) >= 11 is 0. The summed E-state index contributed by atoms with van der Waals surface area (Å²) in [6.45, 7) is 3.01.